The van der Waals surface area contributed by atoms with Gasteiger partial charge in [0.25, 0.3) is 15.9 Å². The highest BCUT2D eigenvalue weighted by Gasteiger charge is 2.33. The van der Waals surface area contributed by atoms with E-state index in [4.69, 9.17) is 9.47 Å². The van der Waals surface area contributed by atoms with Crippen molar-refractivity contribution in [3.63, 3.8) is 0 Å². The number of hydrogen-bond acceptors (Lipinski definition) is 8. The van der Waals surface area contributed by atoms with Crippen LogP contribution in [0.2, 0.25) is 0 Å². The van der Waals surface area contributed by atoms with Crippen LogP contribution in [0.4, 0.5) is 18.9 Å². The number of carbonyl (C=O) groups is 2. The number of thiophene rings is 1. The van der Waals surface area contributed by atoms with Crippen LogP contribution < -0.4 is 10.1 Å². The molecule has 1 aliphatic heterocycles. The first-order valence-corrected chi connectivity index (χ1v) is 17.1. The van der Waals surface area contributed by atoms with Crippen molar-refractivity contribution >= 4 is 38.9 Å². The fraction of sp³-hybridized carbons (Fsp3) is 0.600. The number of aliphatic hydroxyl groups excluding tert-OH is 1. The lowest BCUT2D eigenvalue weighted by Crippen LogP contribution is -2.48. The first-order valence-electron chi connectivity index (χ1n) is 14.8. The standard InChI is InChI=1S/C30H42F3N3O7S2/c1-20-17-36(21(2)19-37)29(39)24-16-23(34-27(38)12-13-30(31,32)33)10-11-25(24)43-22(3)8-5-6-14-42-26(20)18-35(4)45(40,41)28-9-7-15-44-28/h7,9-11,15-16,20-22,26,37H,5-6,8,12-14,17-19H2,1-4H3,(H,34,38)/t20-,21-,22-,26-/m1/s1. The number of nitrogens with zero attached hydrogens (tertiary/aromatic N) is 2. The lowest BCUT2D eigenvalue weighted by molar-refractivity contribution is -0.142. The molecule has 2 N–H and O–H groups in total. The van der Waals surface area contributed by atoms with Gasteiger partial charge in [0, 0.05) is 44.8 Å². The second kappa shape index (κ2) is 16.2. The summed E-state index contributed by atoms with van der Waals surface area (Å²) in [5.74, 6) is -1.55. The molecule has 0 unspecified atom stereocenters. The fourth-order valence-corrected chi connectivity index (χ4v) is 7.24. The average Bonchev–Trinajstić information content (AvgIpc) is 3.53. The third kappa shape index (κ3) is 10.7. The van der Waals surface area contributed by atoms with Crippen molar-refractivity contribution in [1.82, 2.24) is 9.21 Å². The Morgan fingerprint density at radius 3 is 2.62 bits per heavy atom. The van der Waals surface area contributed by atoms with E-state index in [0.717, 1.165) is 17.8 Å². The predicted octanol–water partition coefficient (Wildman–Crippen LogP) is 5.15. The maximum absolute atomic E-state index is 14.1. The summed E-state index contributed by atoms with van der Waals surface area (Å²) in [6.45, 7) is 5.43. The monoisotopic (exact) mass is 677 g/mol. The number of fused-ring (bicyclic) bond motifs is 1. The van der Waals surface area contributed by atoms with E-state index in [2.05, 4.69) is 5.32 Å². The van der Waals surface area contributed by atoms with Gasteiger partial charge >= 0.3 is 6.18 Å². The second-order valence-electron chi connectivity index (χ2n) is 11.4. The van der Waals surface area contributed by atoms with Crippen LogP contribution in [0.3, 0.4) is 0 Å². The number of ether oxygens (including phenoxy) is 2. The molecule has 0 aliphatic carbocycles. The molecule has 2 heterocycles. The average molecular weight is 678 g/mol. The van der Waals surface area contributed by atoms with Crippen molar-refractivity contribution in [1.29, 1.82) is 0 Å². The van der Waals surface area contributed by atoms with E-state index in [1.54, 1.807) is 18.4 Å². The number of hydrogen-bond donors (Lipinski definition) is 2. The predicted molar refractivity (Wildman–Crippen MR) is 165 cm³/mol. The zero-order valence-corrected chi connectivity index (χ0v) is 27.5. The molecule has 1 aromatic carbocycles. The number of alkyl halides is 3. The molecule has 0 fully saturated rings. The van der Waals surface area contributed by atoms with E-state index in [-0.39, 0.29) is 52.9 Å². The molecule has 3 rings (SSSR count). The summed E-state index contributed by atoms with van der Waals surface area (Å²) in [5.41, 5.74) is 0.188. The number of benzene rings is 1. The van der Waals surface area contributed by atoms with Crippen LogP contribution in [0.5, 0.6) is 5.75 Å². The smallest absolute Gasteiger partial charge is 0.389 e. The summed E-state index contributed by atoms with van der Waals surface area (Å²) in [4.78, 5) is 27.8. The molecule has 0 bridgehead atoms. The third-order valence-corrected chi connectivity index (χ3v) is 10.8. The Kier molecular flexibility index (Phi) is 13.2. The molecule has 0 saturated heterocycles. The van der Waals surface area contributed by atoms with Crippen LogP contribution in [-0.4, -0.2) is 92.3 Å². The number of likely N-dealkylation sites (N-methyl/N-ethyl adjacent to an activating group) is 1. The molecular formula is C30H42F3N3O7S2. The Bertz CT molecular complexity index is 1370. The van der Waals surface area contributed by atoms with Gasteiger partial charge < -0.3 is 24.8 Å². The Morgan fingerprint density at radius 1 is 1.24 bits per heavy atom. The van der Waals surface area contributed by atoms with Crippen LogP contribution in [0.15, 0.2) is 39.9 Å². The SMILES string of the molecule is C[C@@H]1CCCCO[C@H](CN(C)S(=O)(=O)c2cccs2)[C@H](C)CN([C@H](C)CO)C(=O)c2cc(NC(=O)CCC(F)(F)F)ccc2O1. The molecule has 2 aromatic rings. The topological polar surface area (TPSA) is 125 Å². The summed E-state index contributed by atoms with van der Waals surface area (Å²) < 4.78 is 78.0. The Morgan fingerprint density at radius 2 is 1.98 bits per heavy atom. The number of carbonyl (C=O) groups excluding carboxylic acids is 2. The van der Waals surface area contributed by atoms with Crippen molar-refractivity contribution in [3.05, 3.63) is 41.3 Å². The quantitative estimate of drug-likeness (QED) is 0.377. The number of amides is 2. The first-order chi connectivity index (χ1) is 21.1. The second-order valence-corrected chi connectivity index (χ2v) is 14.6. The van der Waals surface area contributed by atoms with Gasteiger partial charge in [-0.3, -0.25) is 9.59 Å². The Balaban J connectivity index is 1.94. The molecule has 1 aliphatic rings. The number of sulfonamides is 1. The first kappa shape index (κ1) is 36.7. The molecular weight excluding hydrogens is 635 g/mol. The van der Waals surface area contributed by atoms with E-state index in [1.807, 2.05) is 13.8 Å². The number of aliphatic hydroxyl groups is 1. The summed E-state index contributed by atoms with van der Waals surface area (Å²) in [6, 6.07) is 6.84. The lowest BCUT2D eigenvalue weighted by Gasteiger charge is -2.35. The summed E-state index contributed by atoms with van der Waals surface area (Å²) in [6.07, 6.45) is -5.41. The van der Waals surface area contributed by atoms with E-state index in [1.165, 1.54) is 40.5 Å². The normalized spacial score (nSPS) is 21.5. The van der Waals surface area contributed by atoms with Gasteiger partial charge in [-0.25, -0.2) is 8.42 Å². The Labute approximate surface area is 266 Å². The highest BCUT2D eigenvalue weighted by atomic mass is 32.2. The zero-order chi connectivity index (χ0) is 33.4. The highest BCUT2D eigenvalue weighted by molar-refractivity contribution is 7.91. The maximum Gasteiger partial charge on any atom is 0.389 e. The van der Waals surface area contributed by atoms with Crippen LogP contribution in [0.1, 0.15) is 63.2 Å². The minimum Gasteiger partial charge on any atom is -0.490 e. The van der Waals surface area contributed by atoms with Crippen LogP contribution in [-0.2, 0) is 19.6 Å². The molecule has 10 nitrogen and oxygen atoms in total. The fourth-order valence-electron chi connectivity index (χ4n) is 4.86. The highest BCUT2D eigenvalue weighted by Crippen LogP contribution is 2.29. The number of nitrogens with one attached hydrogen (secondary N) is 1. The molecule has 0 saturated carbocycles. The molecule has 45 heavy (non-hydrogen) atoms. The van der Waals surface area contributed by atoms with Gasteiger partial charge in [0.1, 0.15) is 9.96 Å². The summed E-state index contributed by atoms with van der Waals surface area (Å²) in [5, 5.41) is 14.2. The number of anilines is 1. The van der Waals surface area contributed by atoms with Crippen molar-refractivity contribution in [2.24, 2.45) is 5.92 Å². The largest absolute Gasteiger partial charge is 0.490 e. The van der Waals surface area contributed by atoms with Gasteiger partial charge in [0.15, 0.2) is 0 Å². The van der Waals surface area contributed by atoms with E-state index >= 15 is 0 Å². The van der Waals surface area contributed by atoms with Gasteiger partial charge in [-0.05, 0) is 62.8 Å². The molecule has 2 amide bonds. The molecule has 15 heteroatoms. The minimum absolute atomic E-state index is 0.0289. The Hall–Kier alpha value is -2.72. The van der Waals surface area contributed by atoms with Gasteiger partial charge in [0.2, 0.25) is 5.91 Å². The van der Waals surface area contributed by atoms with Gasteiger partial charge in [0.05, 0.1) is 36.8 Å². The van der Waals surface area contributed by atoms with Crippen LogP contribution in [0, 0.1) is 5.92 Å². The lowest BCUT2D eigenvalue weighted by atomic mass is 10.0. The number of rotatable bonds is 9. The third-order valence-electron chi connectivity index (χ3n) is 7.57. The van der Waals surface area contributed by atoms with Gasteiger partial charge in [-0.1, -0.05) is 13.0 Å². The summed E-state index contributed by atoms with van der Waals surface area (Å²) in [7, 11) is -2.28. The maximum atomic E-state index is 14.1. The summed E-state index contributed by atoms with van der Waals surface area (Å²) >= 11 is 1.11. The van der Waals surface area contributed by atoms with Gasteiger partial charge in [-0.15, -0.1) is 11.3 Å². The molecule has 0 spiro atoms. The van der Waals surface area contributed by atoms with E-state index in [0.29, 0.717) is 19.4 Å². The molecule has 252 valence electrons. The molecule has 0 radical (unpaired) electrons. The van der Waals surface area contributed by atoms with Crippen molar-refractivity contribution in [2.45, 2.75) is 81.5 Å². The minimum atomic E-state index is -4.49. The van der Waals surface area contributed by atoms with Crippen LogP contribution >= 0.6 is 11.3 Å². The van der Waals surface area contributed by atoms with Crippen molar-refractivity contribution < 1.29 is 45.8 Å². The van der Waals surface area contributed by atoms with Crippen LogP contribution in [0.25, 0.3) is 0 Å². The zero-order valence-electron chi connectivity index (χ0n) is 25.9. The number of halogens is 3. The molecule has 1 aromatic heterocycles. The molecule has 4 atom stereocenters. The van der Waals surface area contributed by atoms with Crippen molar-refractivity contribution in [2.75, 3.05) is 38.7 Å². The van der Waals surface area contributed by atoms with E-state index in [9.17, 15) is 36.3 Å². The van der Waals surface area contributed by atoms with E-state index < -0.39 is 53.0 Å². The van der Waals surface area contributed by atoms with Crippen molar-refractivity contribution in [3.8, 4) is 5.75 Å². The van der Waals surface area contributed by atoms with Gasteiger partial charge in [-0.2, -0.15) is 17.5 Å².